The van der Waals surface area contributed by atoms with E-state index in [9.17, 15) is 9.59 Å². The van der Waals surface area contributed by atoms with Gasteiger partial charge in [-0.2, -0.15) is 0 Å². The zero-order chi connectivity index (χ0) is 18.1. The van der Waals surface area contributed by atoms with Crippen molar-refractivity contribution in [3.63, 3.8) is 0 Å². The average Bonchev–Trinajstić information content (AvgIpc) is 3.09. The maximum atomic E-state index is 13.2. The summed E-state index contributed by atoms with van der Waals surface area (Å²) in [5.41, 5.74) is 8.93. The number of carbonyl (C=O) groups excluding carboxylic acids is 1. The zero-order valence-corrected chi connectivity index (χ0v) is 15.2. The first-order chi connectivity index (χ1) is 11.7. The van der Waals surface area contributed by atoms with Crippen LogP contribution in [0, 0.1) is 5.41 Å². The number of hydrogen-bond donors (Lipinski definition) is 2. The number of benzene rings is 1. The summed E-state index contributed by atoms with van der Waals surface area (Å²) >= 11 is 0. The van der Waals surface area contributed by atoms with Crippen molar-refractivity contribution < 1.29 is 4.79 Å². The number of carbonyl (C=O) groups is 1. The SMILES string of the molecule is CC(c1ccccc1C(N)=O)n1[nH]c2c(c1=O)[C@H]1CC[C@]2(C)C1(C)C. The van der Waals surface area contributed by atoms with Gasteiger partial charge in [0.1, 0.15) is 0 Å². The van der Waals surface area contributed by atoms with E-state index in [0.29, 0.717) is 11.5 Å². The third-order valence-electron chi connectivity index (χ3n) is 7.14. The van der Waals surface area contributed by atoms with E-state index in [1.54, 1.807) is 16.8 Å². The molecule has 2 aliphatic carbocycles. The van der Waals surface area contributed by atoms with Gasteiger partial charge in [-0.05, 0) is 42.7 Å². The zero-order valence-electron chi connectivity index (χ0n) is 15.2. The Balaban J connectivity index is 1.86. The number of aromatic nitrogens is 2. The summed E-state index contributed by atoms with van der Waals surface area (Å²) in [5.74, 6) is -0.168. The van der Waals surface area contributed by atoms with Gasteiger partial charge in [-0.15, -0.1) is 0 Å². The van der Waals surface area contributed by atoms with E-state index in [2.05, 4.69) is 25.9 Å². The molecule has 2 aliphatic rings. The molecule has 1 aromatic carbocycles. The van der Waals surface area contributed by atoms with E-state index in [1.165, 1.54) is 0 Å². The van der Waals surface area contributed by atoms with Crippen LogP contribution in [0.15, 0.2) is 29.1 Å². The van der Waals surface area contributed by atoms with Crippen molar-refractivity contribution in [3.05, 3.63) is 57.0 Å². The molecule has 25 heavy (non-hydrogen) atoms. The molecule has 0 aliphatic heterocycles. The summed E-state index contributed by atoms with van der Waals surface area (Å²) in [5, 5.41) is 3.41. The number of nitrogens with two attached hydrogens (primary N) is 1. The quantitative estimate of drug-likeness (QED) is 0.901. The monoisotopic (exact) mass is 339 g/mol. The highest BCUT2D eigenvalue weighted by molar-refractivity contribution is 5.94. The smallest absolute Gasteiger partial charge is 0.270 e. The number of nitrogens with zero attached hydrogens (tertiary/aromatic N) is 1. The van der Waals surface area contributed by atoms with Crippen LogP contribution in [0.25, 0.3) is 0 Å². The number of nitrogens with one attached hydrogen (secondary N) is 1. The third-order valence-corrected chi connectivity index (χ3v) is 7.14. The van der Waals surface area contributed by atoms with Crippen LogP contribution in [0.3, 0.4) is 0 Å². The molecule has 2 bridgehead atoms. The first-order valence-electron chi connectivity index (χ1n) is 8.93. The van der Waals surface area contributed by atoms with Crippen LogP contribution >= 0.6 is 0 Å². The van der Waals surface area contributed by atoms with Gasteiger partial charge in [0.05, 0.1) is 6.04 Å². The molecule has 3 atom stereocenters. The molecule has 1 unspecified atom stereocenters. The van der Waals surface area contributed by atoms with Crippen molar-refractivity contribution in [2.45, 2.75) is 57.9 Å². The van der Waals surface area contributed by atoms with Gasteiger partial charge in [0.2, 0.25) is 5.91 Å². The lowest BCUT2D eigenvalue weighted by molar-refractivity contribution is 0.0998. The van der Waals surface area contributed by atoms with Crippen molar-refractivity contribution in [1.29, 1.82) is 0 Å². The summed E-state index contributed by atoms with van der Waals surface area (Å²) in [6, 6.07) is 6.96. The first-order valence-corrected chi connectivity index (χ1v) is 8.93. The molecule has 132 valence electrons. The summed E-state index contributed by atoms with van der Waals surface area (Å²) < 4.78 is 1.68. The molecule has 0 spiro atoms. The third kappa shape index (κ3) is 1.84. The van der Waals surface area contributed by atoms with Gasteiger partial charge in [-0.3, -0.25) is 14.7 Å². The number of aromatic amines is 1. The van der Waals surface area contributed by atoms with E-state index in [0.717, 1.165) is 29.7 Å². The van der Waals surface area contributed by atoms with E-state index in [-0.39, 0.29) is 22.4 Å². The van der Waals surface area contributed by atoms with Gasteiger partial charge in [0.25, 0.3) is 5.56 Å². The molecule has 4 rings (SSSR count). The van der Waals surface area contributed by atoms with Crippen molar-refractivity contribution in [2.24, 2.45) is 11.1 Å². The van der Waals surface area contributed by atoms with Gasteiger partial charge >= 0.3 is 0 Å². The van der Waals surface area contributed by atoms with Crippen LogP contribution < -0.4 is 11.3 Å². The van der Waals surface area contributed by atoms with E-state index in [1.807, 2.05) is 19.1 Å². The Bertz CT molecular complexity index is 937. The predicted octanol–water partition coefficient (Wildman–Crippen LogP) is 3.06. The van der Waals surface area contributed by atoms with E-state index in [4.69, 9.17) is 5.73 Å². The number of hydrogen-bond acceptors (Lipinski definition) is 2. The second-order valence-electron chi connectivity index (χ2n) is 8.35. The topological polar surface area (TPSA) is 80.9 Å². The minimum absolute atomic E-state index is 0.000332. The van der Waals surface area contributed by atoms with Gasteiger partial charge in [-0.25, -0.2) is 4.68 Å². The fourth-order valence-electron chi connectivity index (χ4n) is 5.16. The molecule has 1 saturated carbocycles. The maximum absolute atomic E-state index is 13.2. The van der Waals surface area contributed by atoms with Gasteiger partial charge in [-0.1, -0.05) is 39.0 Å². The van der Waals surface area contributed by atoms with Gasteiger partial charge < -0.3 is 5.73 Å². The standard InChI is InChI=1S/C20H25N3O2/c1-11(12-7-5-6-8-13(12)17(21)24)23-18(25)15-14-9-10-20(4,16(15)22-23)19(14,2)3/h5-8,11,14,22H,9-10H2,1-4H3,(H2,21,24)/t11?,14-,20+/m1/s1. The summed E-state index contributed by atoms with van der Waals surface area (Å²) in [6.45, 7) is 8.74. The molecule has 5 heteroatoms. The largest absolute Gasteiger partial charge is 0.366 e. The second-order valence-corrected chi connectivity index (χ2v) is 8.35. The summed E-state index contributed by atoms with van der Waals surface area (Å²) in [4.78, 5) is 24.9. The van der Waals surface area contributed by atoms with Crippen LogP contribution in [0.1, 0.15) is 79.7 Å². The molecule has 2 aromatic rings. The lowest BCUT2D eigenvalue weighted by Crippen LogP contribution is -2.34. The number of H-pyrrole nitrogens is 1. The highest BCUT2D eigenvalue weighted by atomic mass is 16.1. The normalized spacial score (nSPS) is 27.3. The molecule has 3 N–H and O–H groups in total. The first kappa shape index (κ1) is 16.2. The second kappa shape index (κ2) is 4.87. The van der Waals surface area contributed by atoms with Gasteiger partial charge in [0, 0.05) is 22.2 Å². The minimum atomic E-state index is -0.470. The number of fused-ring (bicyclic) bond motifs is 5. The minimum Gasteiger partial charge on any atom is -0.366 e. The van der Waals surface area contributed by atoms with Crippen molar-refractivity contribution in [2.75, 3.05) is 0 Å². The molecule has 1 fully saturated rings. The maximum Gasteiger partial charge on any atom is 0.270 e. The Morgan fingerprint density at radius 2 is 2.00 bits per heavy atom. The Hall–Kier alpha value is -2.30. The van der Waals surface area contributed by atoms with E-state index >= 15 is 0 Å². The Morgan fingerprint density at radius 3 is 2.64 bits per heavy atom. The van der Waals surface area contributed by atoms with Gasteiger partial charge in [0.15, 0.2) is 0 Å². The molecule has 1 amide bonds. The highest BCUT2D eigenvalue weighted by Gasteiger charge is 2.62. The fourth-order valence-corrected chi connectivity index (χ4v) is 5.16. The summed E-state index contributed by atoms with van der Waals surface area (Å²) in [6.07, 6.45) is 2.17. The molecule has 5 nitrogen and oxygen atoms in total. The average molecular weight is 339 g/mol. The summed E-state index contributed by atoms with van der Waals surface area (Å²) in [7, 11) is 0. The number of amides is 1. The molecule has 1 heterocycles. The Kier molecular flexibility index (Phi) is 3.15. The molecular weight excluding hydrogens is 314 g/mol. The Morgan fingerprint density at radius 1 is 1.32 bits per heavy atom. The van der Waals surface area contributed by atoms with Crippen LogP contribution in [0.4, 0.5) is 0 Å². The van der Waals surface area contributed by atoms with Crippen LogP contribution in [-0.2, 0) is 5.41 Å². The fraction of sp³-hybridized carbons (Fsp3) is 0.500. The highest BCUT2D eigenvalue weighted by Crippen LogP contribution is 2.66. The molecule has 0 radical (unpaired) electrons. The Labute approximate surface area is 147 Å². The van der Waals surface area contributed by atoms with E-state index < -0.39 is 5.91 Å². The number of primary amides is 1. The van der Waals surface area contributed by atoms with Crippen molar-refractivity contribution >= 4 is 5.91 Å². The lowest BCUT2D eigenvalue weighted by Gasteiger charge is -2.35. The predicted molar refractivity (Wildman–Crippen MR) is 96.9 cm³/mol. The van der Waals surface area contributed by atoms with Crippen LogP contribution in [0.2, 0.25) is 0 Å². The number of rotatable bonds is 3. The van der Waals surface area contributed by atoms with Crippen LogP contribution in [-0.4, -0.2) is 15.7 Å². The van der Waals surface area contributed by atoms with Crippen molar-refractivity contribution in [3.8, 4) is 0 Å². The molecular formula is C20H25N3O2. The lowest BCUT2D eigenvalue weighted by atomic mass is 9.70. The molecule has 0 saturated heterocycles. The van der Waals surface area contributed by atoms with Crippen molar-refractivity contribution in [1.82, 2.24) is 9.78 Å². The molecule has 1 aromatic heterocycles. The van der Waals surface area contributed by atoms with Crippen LogP contribution in [0.5, 0.6) is 0 Å².